The molecule has 0 saturated heterocycles. The van der Waals surface area contributed by atoms with E-state index in [-0.39, 0.29) is 11.2 Å². The highest BCUT2D eigenvalue weighted by molar-refractivity contribution is 6.46. The molecule has 0 amide bonds. The van der Waals surface area contributed by atoms with Gasteiger partial charge in [0.05, 0.1) is 0 Å². The van der Waals surface area contributed by atoms with Gasteiger partial charge in [-0.2, -0.15) is 0 Å². The fourth-order valence-electron chi connectivity index (χ4n) is 6.24. The molecule has 2 aliphatic carbocycles. The number of rotatable bonds is 10. The van der Waals surface area contributed by atoms with Gasteiger partial charge in [0, 0.05) is 17.9 Å². The molecule has 34 heavy (non-hydrogen) atoms. The first-order valence-corrected chi connectivity index (χ1v) is 13.0. The van der Waals surface area contributed by atoms with Gasteiger partial charge in [-0.05, 0) is 59.9 Å². The molecule has 0 radical (unpaired) electrons. The molecule has 4 nitrogen and oxygen atoms in total. The largest absolute Gasteiger partial charge is 0.331 e. The molecule has 2 aromatic carbocycles. The minimum Gasteiger partial charge on any atom is -0.318 e. The van der Waals surface area contributed by atoms with Crippen molar-refractivity contribution in [3.8, 4) is 11.1 Å². The highest BCUT2D eigenvalue weighted by Crippen LogP contribution is 2.53. The van der Waals surface area contributed by atoms with Crippen LogP contribution < -0.4 is 0 Å². The second-order valence-corrected chi connectivity index (χ2v) is 10.0. The van der Waals surface area contributed by atoms with Crippen molar-refractivity contribution in [3.05, 3.63) is 59.2 Å². The smallest absolute Gasteiger partial charge is 0.318 e. The molecule has 0 atom stereocenters. The third-order valence-electron chi connectivity index (χ3n) is 7.69. The van der Waals surface area contributed by atoms with Crippen LogP contribution in [0.1, 0.15) is 106 Å². The Morgan fingerprint density at radius 2 is 1.65 bits per heavy atom. The topological polar surface area (TPSA) is 55.7 Å². The Morgan fingerprint density at radius 1 is 0.971 bits per heavy atom. The molecular formula is C30H37NO3. The first kappa shape index (κ1) is 24.4. The van der Waals surface area contributed by atoms with Crippen LogP contribution in [-0.2, 0) is 15.0 Å². The van der Waals surface area contributed by atoms with E-state index < -0.39 is 5.97 Å². The molecule has 0 aliphatic heterocycles. The highest BCUT2D eigenvalue weighted by Gasteiger charge is 2.42. The Balaban J connectivity index is 1.71. The van der Waals surface area contributed by atoms with Crippen LogP contribution in [0.5, 0.6) is 0 Å². The van der Waals surface area contributed by atoms with Crippen molar-refractivity contribution in [1.82, 2.24) is 0 Å². The number of Topliss-reactive ketones (excluding diaryl/α,β-unsaturated/α-hetero) is 1. The number of fused-ring (bicyclic) bond motifs is 3. The number of ketones is 1. The predicted molar refractivity (Wildman–Crippen MR) is 137 cm³/mol. The molecule has 0 bridgehead atoms. The van der Waals surface area contributed by atoms with Crippen LogP contribution in [0.15, 0.2) is 47.6 Å². The summed E-state index contributed by atoms with van der Waals surface area (Å²) < 4.78 is 0. The van der Waals surface area contributed by atoms with Crippen molar-refractivity contribution in [1.29, 1.82) is 0 Å². The summed E-state index contributed by atoms with van der Waals surface area (Å²) in [5.74, 6) is 0.00647. The Hall–Kier alpha value is -2.75. The normalized spacial score (nSPS) is 16.9. The first-order valence-electron chi connectivity index (χ1n) is 13.0. The number of hydrogen-bond acceptors (Lipinski definition) is 4. The monoisotopic (exact) mass is 459 g/mol. The van der Waals surface area contributed by atoms with E-state index in [9.17, 15) is 9.59 Å². The zero-order valence-electron chi connectivity index (χ0n) is 20.9. The van der Waals surface area contributed by atoms with Gasteiger partial charge >= 0.3 is 5.97 Å². The molecule has 4 rings (SSSR count). The Kier molecular flexibility index (Phi) is 7.65. The summed E-state index contributed by atoms with van der Waals surface area (Å²) in [6, 6.07) is 14.8. The Bertz CT molecular complexity index is 1070. The van der Waals surface area contributed by atoms with E-state index in [1.165, 1.54) is 54.9 Å². The molecule has 0 aromatic heterocycles. The molecule has 2 aromatic rings. The minimum absolute atomic E-state index is 0.0667. The van der Waals surface area contributed by atoms with Crippen molar-refractivity contribution in [2.45, 2.75) is 90.4 Å². The summed E-state index contributed by atoms with van der Waals surface area (Å²) >= 11 is 0. The lowest BCUT2D eigenvalue weighted by Gasteiger charge is -2.32. The van der Waals surface area contributed by atoms with Crippen LogP contribution in [0.3, 0.4) is 0 Å². The van der Waals surface area contributed by atoms with Crippen LogP contribution in [-0.4, -0.2) is 17.5 Å². The summed E-state index contributed by atoms with van der Waals surface area (Å²) in [6.07, 6.45) is 10.7. The van der Waals surface area contributed by atoms with Gasteiger partial charge in [0.1, 0.15) is 5.71 Å². The lowest BCUT2D eigenvalue weighted by molar-refractivity contribution is -0.140. The number of oxime groups is 1. The summed E-state index contributed by atoms with van der Waals surface area (Å²) in [7, 11) is 0. The number of nitrogens with zero attached hydrogens (tertiary/aromatic N) is 1. The fraction of sp³-hybridized carbons (Fsp3) is 0.500. The molecular weight excluding hydrogens is 422 g/mol. The van der Waals surface area contributed by atoms with Crippen molar-refractivity contribution in [2.75, 3.05) is 0 Å². The van der Waals surface area contributed by atoms with E-state index >= 15 is 0 Å². The van der Waals surface area contributed by atoms with E-state index in [0.29, 0.717) is 23.6 Å². The lowest BCUT2D eigenvalue weighted by Crippen LogP contribution is -2.25. The van der Waals surface area contributed by atoms with E-state index in [2.05, 4.69) is 55.4 Å². The standard InChI is InChI=1S/C30H37NO3/c1-4-18-30(19-5-2)26-13-9-8-12-24(26)25-16-15-23(20-27(25)30)29(33)28(31-34-21(3)32)17-14-22-10-6-7-11-22/h8-9,12-13,15-16,20,22H,4-7,10-11,14,17-19H2,1-3H3/b31-28+. The number of hydrogen-bond donors (Lipinski definition) is 0. The van der Waals surface area contributed by atoms with Gasteiger partial charge in [0.15, 0.2) is 0 Å². The van der Waals surface area contributed by atoms with E-state index in [4.69, 9.17) is 4.84 Å². The molecule has 4 heteroatoms. The molecule has 180 valence electrons. The summed E-state index contributed by atoms with van der Waals surface area (Å²) in [4.78, 5) is 30.0. The van der Waals surface area contributed by atoms with Crippen molar-refractivity contribution >= 4 is 17.5 Å². The fourth-order valence-corrected chi connectivity index (χ4v) is 6.24. The van der Waals surface area contributed by atoms with E-state index in [1.807, 2.05) is 6.07 Å². The van der Waals surface area contributed by atoms with E-state index in [1.54, 1.807) is 0 Å². The molecule has 1 saturated carbocycles. The maximum atomic E-state index is 13.6. The average Bonchev–Trinajstić information content (AvgIpc) is 3.45. The zero-order valence-corrected chi connectivity index (χ0v) is 20.9. The number of benzene rings is 2. The van der Waals surface area contributed by atoms with Crippen molar-refractivity contribution < 1.29 is 14.4 Å². The quantitative estimate of drug-likeness (QED) is 0.159. The zero-order chi connectivity index (χ0) is 24.1. The van der Waals surface area contributed by atoms with E-state index in [0.717, 1.165) is 32.1 Å². The molecule has 0 unspecified atom stereocenters. The SMILES string of the molecule is CCCC1(CCC)c2ccccc2-c2ccc(C(=O)/C(CCC3CCCC3)=N/OC(C)=O)cc21. The highest BCUT2D eigenvalue weighted by atomic mass is 16.7. The van der Waals surface area contributed by atoms with Gasteiger partial charge in [0.25, 0.3) is 0 Å². The molecule has 0 spiro atoms. The minimum atomic E-state index is -0.500. The maximum absolute atomic E-state index is 13.6. The molecule has 0 N–H and O–H groups in total. The average molecular weight is 460 g/mol. The summed E-state index contributed by atoms with van der Waals surface area (Å²) in [6.45, 7) is 5.79. The van der Waals surface area contributed by atoms with Crippen LogP contribution in [0.2, 0.25) is 0 Å². The van der Waals surface area contributed by atoms with Gasteiger partial charge in [0.2, 0.25) is 5.78 Å². The van der Waals surface area contributed by atoms with Gasteiger partial charge < -0.3 is 4.84 Å². The Morgan fingerprint density at radius 3 is 2.32 bits per heavy atom. The lowest BCUT2D eigenvalue weighted by atomic mass is 9.71. The van der Waals surface area contributed by atoms with Gasteiger partial charge in [-0.3, -0.25) is 4.79 Å². The molecule has 1 fully saturated rings. The van der Waals surface area contributed by atoms with Crippen LogP contribution in [0, 0.1) is 5.92 Å². The van der Waals surface area contributed by atoms with Gasteiger partial charge in [-0.15, -0.1) is 0 Å². The number of carbonyl (C=O) groups excluding carboxylic acids is 2. The van der Waals surface area contributed by atoms with Crippen LogP contribution in [0.4, 0.5) is 0 Å². The van der Waals surface area contributed by atoms with Crippen molar-refractivity contribution in [3.63, 3.8) is 0 Å². The third-order valence-corrected chi connectivity index (χ3v) is 7.69. The van der Waals surface area contributed by atoms with Gasteiger partial charge in [-0.1, -0.05) is 93.9 Å². The molecule has 0 heterocycles. The second kappa shape index (κ2) is 10.7. The summed E-state index contributed by atoms with van der Waals surface area (Å²) in [5, 5.41) is 4.02. The summed E-state index contributed by atoms with van der Waals surface area (Å²) in [5.41, 5.74) is 6.09. The number of carbonyl (C=O) groups is 2. The Labute approximate surface area is 203 Å². The maximum Gasteiger partial charge on any atom is 0.331 e. The second-order valence-electron chi connectivity index (χ2n) is 10.0. The van der Waals surface area contributed by atoms with Crippen LogP contribution >= 0.6 is 0 Å². The predicted octanol–water partition coefficient (Wildman–Crippen LogP) is 7.63. The first-order chi connectivity index (χ1) is 16.5. The molecule has 2 aliphatic rings. The third kappa shape index (κ3) is 4.73. The van der Waals surface area contributed by atoms with Crippen LogP contribution in [0.25, 0.3) is 11.1 Å². The van der Waals surface area contributed by atoms with Gasteiger partial charge in [-0.25, -0.2) is 4.79 Å². The van der Waals surface area contributed by atoms with Crippen molar-refractivity contribution in [2.24, 2.45) is 11.1 Å².